The molecule has 0 atom stereocenters. The smallest absolute Gasteiger partial charge is 0.292 e. The van der Waals surface area contributed by atoms with Crippen molar-refractivity contribution in [3.63, 3.8) is 0 Å². The number of rotatable bonds is 3. The van der Waals surface area contributed by atoms with Gasteiger partial charge in [0.1, 0.15) is 5.69 Å². The van der Waals surface area contributed by atoms with Gasteiger partial charge in [0.25, 0.3) is 5.56 Å². The minimum atomic E-state index is -0.399. The molecule has 0 aliphatic carbocycles. The molecule has 0 spiro atoms. The molecule has 0 unspecified atom stereocenters. The van der Waals surface area contributed by atoms with Gasteiger partial charge in [0.15, 0.2) is 5.69 Å². The summed E-state index contributed by atoms with van der Waals surface area (Å²) in [7, 11) is 0. The molecule has 1 aromatic heterocycles. The fraction of sp³-hybridized carbons (Fsp3) is 0. The van der Waals surface area contributed by atoms with Crippen LogP contribution in [0.25, 0.3) is 11.3 Å². The number of hydrogen-bond donors (Lipinski definition) is 3. The third-order valence-corrected chi connectivity index (χ3v) is 3.93. The van der Waals surface area contributed by atoms with E-state index in [4.69, 9.17) is 28.9 Å². The highest BCUT2D eigenvalue weighted by atomic mass is 35.5. The molecule has 3 rings (SSSR count). The molecule has 3 aromatic rings. The monoisotopic (exact) mass is 347 g/mol. The van der Waals surface area contributed by atoms with E-state index in [1.807, 2.05) is 0 Å². The Labute approximate surface area is 140 Å². The lowest BCUT2D eigenvalue weighted by molar-refractivity contribution is 1.06. The number of aromatic amines is 2. The van der Waals surface area contributed by atoms with Crippen molar-refractivity contribution in [2.75, 3.05) is 5.73 Å². The molecule has 0 saturated heterocycles. The van der Waals surface area contributed by atoms with Crippen molar-refractivity contribution in [3.8, 4) is 11.3 Å². The Morgan fingerprint density at radius 2 is 1.78 bits per heavy atom. The van der Waals surface area contributed by atoms with E-state index < -0.39 is 5.56 Å². The van der Waals surface area contributed by atoms with Crippen LogP contribution >= 0.6 is 23.2 Å². The second-order valence-electron chi connectivity index (χ2n) is 4.70. The van der Waals surface area contributed by atoms with Gasteiger partial charge in [-0.2, -0.15) is 0 Å². The van der Waals surface area contributed by atoms with E-state index in [0.29, 0.717) is 22.1 Å². The average molecular weight is 348 g/mol. The number of aromatic nitrogens is 2. The van der Waals surface area contributed by atoms with Gasteiger partial charge in [-0.05, 0) is 24.3 Å². The zero-order valence-electron chi connectivity index (χ0n) is 11.7. The molecule has 2 aromatic carbocycles. The molecule has 116 valence electrons. The summed E-state index contributed by atoms with van der Waals surface area (Å²) in [6.07, 6.45) is 0. The van der Waals surface area contributed by atoms with Gasteiger partial charge in [0.05, 0.1) is 15.7 Å². The molecule has 0 aliphatic heterocycles. The number of halogens is 2. The maximum absolute atomic E-state index is 11.9. The first kappa shape index (κ1) is 15.3. The van der Waals surface area contributed by atoms with E-state index in [0.717, 1.165) is 5.56 Å². The van der Waals surface area contributed by atoms with Crippen molar-refractivity contribution in [2.24, 2.45) is 10.2 Å². The number of benzene rings is 2. The summed E-state index contributed by atoms with van der Waals surface area (Å²) in [5.74, 6) is 0. The van der Waals surface area contributed by atoms with Crippen molar-refractivity contribution in [1.82, 2.24) is 10.2 Å². The molecule has 0 saturated carbocycles. The summed E-state index contributed by atoms with van der Waals surface area (Å²) < 4.78 is 0. The van der Waals surface area contributed by atoms with E-state index in [2.05, 4.69) is 20.4 Å². The van der Waals surface area contributed by atoms with Crippen molar-refractivity contribution in [3.05, 3.63) is 62.9 Å². The Morgan fingerprint density at radius 3 is 2.57 bits per heavy atom. The van der Waals surface area contributed by atoms with Crippen LogP contribution in [0, 0.1) is 0 Å². The zero-order valence-corrected chi connectivity index (χ0v) is 13.2. The molecule has 1 heterocycles. The van der Waals surface area contributed by atoms with E-state index in [9.17, 15) is 4.79 Å². The molecule has 6 nitrogen and oxygen atoms in total. The van der Waals surface area contributed by atoms with Crippen molar-refractivity contribution in [1.29, 1.82) is 0 Å². The molecular formula is C15H11Cl2N5O. The van der Waals surface area contributed by atoms with Crippen molar-refractivity contribution in [2.45, 2.75) is 0 Å². The summed E-state index contributed by atoms with van der Waals surface area (Å²) >= 11 is 12.0. The van der Waals surface area contributed by atoms with Gasteiger partial charge in [0.2, 0.25) is 0 Å². The number of nitrogens with two attached hydrogens (primary N) is 1. The molecule has 4 N–H and O–H groups in total. The topological polar surface area (TPSA) is 99.4 Å². The van der Waals surface area contributed by atoms with E-state index in [1.54, 1.807) is 42.5 Å². The Balaban J connectivity index is 2.04. The van der Waals surface area contributed by atoms with Gasteiger partial charge in [0, 0.05) is 11.3 Å². The summed E-state index contributed by atoms with van der Waals surface area (Å²) in [5.41, 5.74) is 7.65. The predicted molar refractivity (Wildman–Crippen MR) is 91.9 cm³/mol. The standard InChI is InChI=1S/C15H11Cl2N5O/c16-10-5-2-6-11(12(10)17)19-21-14-13(20-22-15(14)23)8-3-1-4-9(18)7-8/h1-7H,18H2,(H2,20,22,23). The number of nitrogens with zero attached hydrogens (tertiary/aromatic N) is 2. The quantitative estimate of drug-likeness (QED) is 0.473. The number of azo groups is 1. The molecule has 0 bridgehead atoms. The third-order valence-electron chi connectivity index (χ3n) is 3.12. The van der Waals surface area contributed by atoms with Gasteiger partial charge >= 0.3 is 0 Å². The average Bonchev–Trinajstić information content (AvgIpc) is 2.90. The van der Waals surface area contributed by atoms with E-state index >= 15 is 0 Å². The number of H-pyrrole nitrogens is 2. The second kappa shape index (κ2) is 6.28. The molecule has 0 amide bonds. The van der Waals surface area contributed by atoms with Crippen LogP contribution in [0.5, 0.6) is 0 Å². The fourth-order valence-electron chi connectivity index (χ4n) is 2.02. The zero-order chi connectivity index (χ0) is 16.4. The predicted octanol–water partition coefficient (Wildman–Crippen LogP) is 4.67. The Hall–Kier alpha value is -2.57. The van der Waals surface area contributed by atoms with Crippen LogP contribution in [0.2, 0.25) is 10.0 Å². The van der Waals surface area contributed by atoms with Crippen LogP contribution in [0.1, 0.15) is 0 Å². The fourth-order valence-corrected chi connectivity index (χ4v) is 2.36. The van der Waals surface area contributed by atoms with Gasteiger partial charge in [-0.1, -0.05) is 41.4 Å². The van der Waals surface area contributed by atoms with Crippen LogP contribution in [-0.4, -0.2) is 10.2 Å². The normalized spacial score (nSPS) is 11.2. The maximum Gasteiger partial charge on any atom is 0.292 e. The van der Waals surface area contributed by atoms with Gasteiger partial charge < -0.3 is 5.73 Å². The molecule has 0 radical (unpaired) electrons. The van der Waals surface area contributed by atoms with Gasteiger partial charge in [-0.3, -0.25) is 15.0 Å². The Kier molecular flexibility index (Phi) is 4.18. The first-order valence-electron chi connectivity index (χ1n) is 6.58. The van der Waals surface area contributed by atoms with Crippen molar-refractivity contribution < 1.29 is 0 Å². The van der Waals surface area contributed by atoms with Crippen LogP contribution in [0.15, 0.2) is 57.5 Å². The minimum absolute atomic E-state index is 0.131. The van der Waals surface area contributed by atoms with Crippen molar-refractivity contribution >= 4 is 40.3 Å². The SMILES string of the molecule is Nc1cccc(-c2[nH][nH]c(=O)c2N=Nc2cccc(Cl)c2Cl)c1. The lowest BCUT2D eigenvalue weighted by Gasteiger charge is -2.01. The van der Waals surface area contributed by atoms with Crippen LogP contribution in [0.3, 0.4) is 0 Å². The number of nitrogen functional groups attached to an aromatic ring is 1. The van der Waals surface area contributed by atoms with Crippen LogP contribution in [-0.2, 0) is 0 Å². The molecule has 8 heteroatoms. The molecule has 23 heavy (non-hydrogen) atoms. The first-order valence-corrected chi connectivity index (χ1v) is 7.34. The lowest BCUT2D eigenvalue weighted by atomic mass is 10.1. The molecular weight excluding hydrogens is 337 g/mol. The first-order chi connectivity index (χ1) is 11.1. The van der Waals surface area contributed by atoms with Gasteiger partial charge in [-0.15, -0.1) is 10.2 Å². The third kappa shape index (κ3) is 3.13. The van der Waals surface area contributed by atoms with E-state index in [1.165, 1.54) is 0 Å². The summed E-state index contributed by atoms with van der Waals surface area (Å²) in [6.45, 7) is 0. The Morgan fingerprint density at radius 1 is 1.00 bits per heavy atom. The van der Waals surface area contributed by atoms with Crippen LogP contribution < -0.4 is 11.3 Å². The number of nitrogens with one attached hydrogen (secondary N) is 2. The Bertz CT molecular complexity index is 945. The van der Waals surface area contributed by atoms with Gasteiger partial charge in [-0.25, -0.2) is 0 Å². The number of hydrogen-bond acceptors (Lipinski definition) is 4. The largest absolute Gasteiger partial charge is 0.399 e. The lowest BCUT2D eigenvalue weighted by Crippen LogP contribution is -1.96. The molecule has 0 fully saturated rings. The summed E-state index contributed by atoms with van der Waals surface area (Å²) in [6, 6.07) is 12.1. The minimum Gasteiger partial charge on any atom is -0.399 e. The highest BCUT2D eigenvalue weighted by Gasteiger charge is 2.12. The number of anilines is 1. The molecule has 0 aliphatic rings. The van der Waals surface area contributed by atoms with E-state index in [-0.39, 0.29) is 10.7 Å². The second-order valence-corrected chi connectivity index (χ2v) is 5.49. The van der Waals surface area contributed by atoms with Crippen LogP contribution in [0.4, 0.5) is 17.1 Å². The maximum atomic E-state index is 11.9. The highest BCUT2D eigenvalue weighted by Crippen LogP contribution is 2.33. The summed E-state index contributed by atoms with van der Waals surface area (Å²) in [5, 5.41) is 13.9. The summed E-state index contributed by atoms with van der Waals surface area (Å²) in [4.78, 5) is 11.9. The highest BCUT2D eigenvalue weighted by molar-refractivity contribution is 6.43.